The molecular formula is C9H6F3NO5S. The number of rotatable bonds is 3. The van der Waals surface area contributed by atoms with Gasteiger partial charge in [0.2, 0.25) is 0 Å². The number of methoxy groups -OCH3 is 1. The Balaban J connectivity index is 3.15. The average Bonchev–Trinajstić information content (AvgIpc) is 2.71. The van der Waals surface area contributed by atoms with E-state index in [9.17, 15) is 27.6 Å². The lowest BCUT2D eigenvalue weighted by Gasteiger charge is -2.07. The number of carbonyl (C=O) groups excluding carboxylic acids is 2. The van der Waals surface area contributed by atoms with Crippen molar-refractivity contribution in [2.24, 2.45) is 0 Å². The second kappa shape index (κ2) is 5.26. The summed E-state index contributed by atoms with van der Waals surface area (Å²) >= 11 is 0.397. The van der Waals surface area contributed by atoms with E-state index in [-0.39, 0.29) is 0 Å². The number of ether oxygens (including phenoxy) is 1. The molecule has 1 heterocycles. The number of anilines is 1. The average molecular weight is 297 g/mol. The Morgan fingerprint density at radius 1 is 1.37 bits per heavy atom. The van der Waals surface area contributed by atoms with Crippen LogP contribution in [0.1, 0.15) is 19.3 Å². The standard InChI is InChI=1S/C9H6F3NO5S/c1-18-7(16)5-3(2-4(19-5)6(14)15)13-8(17)9(10,11)12/h2H,1H3,(H,13,17)(H,14,15). The molecule has 10 heteroatoms. The van der Waals surface area contributed by atoms with Gasteiger partial charge >= 0.3 is 24.0 Å². The van der Waals surface area contributed by atoms with Gasteiger partial charge in [0.25, 0.3) is 0 Å². The van der Waals surface area contributed by atoms with E-state index < -0.39 is 39.5 Å². The van der Waals surface area contributed by atoms with Gasteiger partial charge in [-0.3, -0.25) is 4.79 Å². The highest BCUT2D eigenvalue weighted by atomic mass is 32.1. The molecule has 0 saturated carbocycles. The van der Waals surface area contributed by atoms with Gasteiger partial charge in [0, 0.05) is 0 Å². The maximum atomic E-state index is 12.1. The number of halogens is 3. The SMILES string of the molecule is COC(=O)c1sc(C(=O)O)cc1NC(=O)C(F)(F)F. The molecule has 0 saturated heterocycles. The zero-order chi connectivity index (χ0) is 14.8. The number of aromatic carboxylic acids is 1. The molecule has 1 rings (SSSR count). The molecule has 1 amide bonds. The van der Waals surface area contributed by atoms with Crippen LogP contribution in [0.25, 0.3) is 0 Å². The van der Waals surface area contributed by atoms with Crippen LogP contribution in [0.15, 0.2) is 6.07 Å². The molecular weight excluding hydrogens is 291 g/mol. The Kier molecular flexibility index (Phi) is 4.14. The van der Waals surface area contributed by atoms with Crippen LogP contribution < -0.4 is 5.32 Å². The molecule has 0 aliphatic carbocycles. The van der Waals surface area contributed by atoms with E-state index in [2.05, 4.69) is 4.74 Å². The number of thiophene rings is 1. The summed E-state index contributed by atoms with van der Waals surface area (Å²) in [6.07, 6.45) is -5.15. The van der Waals surface area contributed by atoms with Gasteiger partial charge in [-0.2, -0.15) is 13.2 Å². The number of esters is 1. The van der Waals surface area contributed by atoms with Gasteiger partial charge in [-0.05, 0) is 6.07 Å². The minimum Gasteiger partial charge on any atom is -0.477 e. The smallest absolute Gasteiger partial charge is 0.471 e. The molecule has 0 atom stereocenters. The summed E-state index contributed by atoms with van der Waals surface area (Å²) in [6, 6.07) is 0.753. The van der Waals surface area contributed by atoms with E-state index in [0.29, 0.717) is 11.3 Å². The lowest BCUT2D eigenvalue weighted by molar-refractivity contribution is -0.167. The van der Waals surface area contributed by atoms with E-state index in [4.69, 9.17) is 5.11 Å². The van der Waals surface area contributed by atoms with Crippen molar-refractivity contribution in [2.45, 2.75) is 6.18 Å². The highest BCUT2D eigenvalue weighted by Crippen LogP contribution is 2.29. The van der Waals surface area contributed by atoms with Crippen molar-refractivity contribution < 1.29 is 37.4 Å². The second-order valence-corrected chi connectivity index (χ2v) is 4.15. The van der Waals surface area contributed by atoms with E-state index in [1.54, 1.807) is 0 Å². The molecule has 0 bridgehead atoms. The number of carboxylic acid groups (broad SMARTS) is 1. The molecule has 0 spiro atoms. The molecule has 6 nitrogen and oxygen atoms in total. The third kappa shape index (κ3) is 3.44. The fraction of sp³-hybridized carbons (Fsp3) is 0.222. The van der Waals surface area contributed by atoms with Crippen LogP contribution in [0.2, 0.25) is 0 Å². The summed E-state index contributed by atoms with van der Waals surface area (Å²) in [5.74, 6) is -4.80. The fourth-order valence-corrected chi connectivity index (χ4v) is 1.90. The maximum absolute atomic E-state index is 12.1. The highest BCUT2D eigenvalue weighted by molar-refractivity contribution is 7.16. The molecule has 0 aliphatic heterocycles. The first kappa shape index (κ1) is 15.0. The lowest BCUT2D eigenvalue weighted by atomic mass is 10.3. The van der Waals surface area contributed by atoms with Crippen molar-refractivity contribution in [1.82, 2.24) is 0 Å². The molecule has 2 N–H and O–H groups in total. The first-order chi connectivity index (χ1) is 8.66. The number of alkyl halides is 3. The van der Waals surface area contributed by atoms with Crippen LogP contribution in [0.4, 0.5) is 18.9 Å². The second-order valence-electron chi connectivity index (χ2n) is 3.10. The van der Waals surface area contributed by atoms with Crippen molar-refractivity contribution in [1.29, 1.82) is 0 Å². The molecule has 0 radical (unpaired) electrons. The zero-order valence-corrected chi connectivity index (χ0v) is 10.0. The minimum absolute atomic E-state index is 0.397. The van der Waals surface area contributed by atoms with Crippen molar-refractivity contribution in [2.75, 3.05) is 12.4 Å². The summed E-state index contributed by atoms with van der Waals surface area (Å²) in [7, 11) is 0.970. The van der Waals surface area contributed by atoms with Crippen LogP contribution >= 0.6 is 11.3 Å². The van der Waals surface area contributed by atoms with Gasteiger partial charge in [-0.25, -0.2) is 9.59 Å². The van der Waals surface area contributed by atoms with Crippen molar-refractivity contribution in [3.05, 3.63) is 15.8 Å². The third-order valence-electron chi connectivity index (χ3n) is 1.82. The highest BCUT2D eigenvalue weighted by Gasteiger charge is 2.39. The van der Waals surface area contributed by atoms with Gasteiger partial charge in [0.15, 0.2) is 0 Å². The lowest BCUT2D eigenvalue weighted by Crippen LogP contribution is -2.30. The van der Waals surface area contributed by atoms with E-state index in [1.165, 1.54) is 5.32 Å². The number of hydrogen-bond donors (Lipinski definition) is 2. The number of nitrogens with one attached hydrogen (secondary N) is 1. The Hall–Kier alpha value is -2.10. The largest absolute Gasteiger partial charge is 0.477 e. The maximum Gasteiger partial charge on any atom is 0.471 e. The molecule has 1 aromatic rings. The van der Waals surface area contributed by atoms with E-state index in [0.717, 1.165) is 13.2 Å². The number of carboxylic acids is 1. The first-order valence-electron chi connectivity index (χ1n) is 4.50. The van der Waals surface area contributed by atoms with Gasteiger partial charge in [0.05, 0.1) is 12.8 Å². The Morgan fingerprint density at radius 2 is 1.95 bits per heavy atom. The predicted octanol–water partition coefficient (Wildman–Crippen LogP) is 1.73. The van der Waals surface area contributed by atoms with Gasteiger partial charge < -0.3 is 15.2 Å². The predicted molar refractivity (Wildman–Crippen MR) is 57.3 cm³/mol. The van der Waals surface area contributed by atoms with E-state index in [1.807, 2.05) is 0 Å². The summed E-state index contributed by atoms with van der Waals surface area (Å²) < 4.78 is 40.5. The summed E-state index contributed by atoms with van der Waals surface area (Å²) in [4.78, 5) is 31.9. The van der Waals surface area contributed by atoms with Crippen LogP contribution in [0.3, 0.4) is 0 Å². The summed E-state index contributed by atoms with van der Waals surface area (Å²) in [5.41, 5.74) is -0.559. The monoisotopic (exact) mass is 297 g/mol. The molecule has 0 aliphatic rings. The zero-order valence-electron chi connectivity index (χ0n) is 9.20. The quantitative estimate of drug-likeness (QED) is 0.829. The van der Waals surface area contributed by atoms with Crippen LogP contribution in [-0.2, 0) is 9.53 Å². The molecule has 0 unspecified atom stereocenters. The summed E-state index contributed by atoms with van der Waals surface area (Å²) in [6.45, 7) is 0. The van der Waals surface area contributed by atoms with Crippen molar-refractivity contribution in [3.63, 3.8) is 0 Å². The van der Waals surface area contributed by atoms with Gasteiger partial charge in [-0.15, -0.1) is 11.3 Å². The molecule has 19 heavy (non-hydrogen) atoms. The van der Waals surface area contributed by atoms with Crippen LogP contribution in [-0.4, -0.2) is 36.2 Å². The normalized spacial score (nSPS) is 10.9. The Labute approximate surface area is 107 Å². The number of amides is 1. The Bertz CT molecular complexity index is 536. The van der Waals surface area contributed by atoms with Crippen LogP contribution in [0, 0.1) is 0 Å². The van der Waals surface area contributed by atoms with Gasteiger partial charge in [0.1, 0.15) is 9.75 Å². The van der Waals surface area contributed by atoms with Gasteiger partial charge in [-0.1, -0.05) is 0 Å². The number of carbonyl (C=O) groups is 3. The van der Waals surface area contributed by atoms with Crippen molar-refractivity contribution in [3.8, 4) is 0 Å². The minimum atomic E-state index is -5.15. The fourth-order valence-electron chi connectivity index (χ4n) is 1.03. The van der Waals surface area contributed by atoms with E-state index >= 15 is 0 Å². The molecule has 0 fully saturated rings. The molecule has 104 valence electrons. The topological polar surface area (TPSA) is 92.7 Å². The Morgan fingerprint density at radius 3 is 2.37 bits per heavy atom. The summed E-state index contributed by atoms with van der Waals surface area (Å²) in [5, 5.41) is 10.1. The molecule has 1 aromatic heterocycles. The third-order valence-corrected chi connectivity index (χ3v) is 2.92. The number of hydrogen-bond acceptors (Lipinski definition) is 5. The van der Waals surface area contributed by atoms with Crippen LogP contribution in [0.5, 0.6) is 0 Å². The van der Waals surface area contributed by atoms with Crippen molar-refractivity contribution >= 4 is 34.9 Å². The molecule has 0 aromatic carbocycles. The first-order valence-corrected chi connectivity index (χ1v) is 5.32.